The topological polar surface area (TPSA) is 43.1 Å². The Bertz CT molecular complexity index is 573. The molecule has 0 aliphatic carbocycles. The Hall–Kier alpha value is -1.49. The van der Waals surface area contributed by atoms with E-state index in [-0.39, 0.29) is 10.0 Å². The largest absolute Gasteiger partial charge is 0.361 e. The van der Waals surface area contributed by atoms with Gasteiger partial charge < -0.3 is 4.52 Å². The minimum atomic E-state index is -0.560. The van der Waals surface area contributed by atoms with Crippen molar-refractivity contribution >= 4 is 22.2 Å². The first-order valence-corrected chi connectivity index (χ1v) is 5.71. The number of hydrogen-bond acceptors (Lipinski definition) is 3. The van der Waals surface area contributed by atoms with E-state index in [4.69, 9.17) is 4.52 Å². The fourth-order valence-electron chi connectivity index (χ4n) is 1.74. The Kier molecular flexibility index (Phi) is 3.11. The molecule has 5 heteroatoms. The highest BCUT2D eigenvalue weighted by molar-refractivity contribution is 9.10. The fourth-order valence-corrected chi connectivity index (χ4v) is 2.21. The highest BCUT2D eigenvalue weighted by Gasteiger charge is 2.15. The van der Waals surface area contributed by atoms with Crippen molar-refractivity contribution in [2.45, 2.75) is 13.8 Å². The quantitative estimate of drug-likeness (QED) is 0.794. The van der Waals surface area contributed by atoms with E-state index < -0.39 is 5.82 Å². The molecule has 0 aliphatic heterocycles. The minimum Gasteiger partial charge on any atom is -0.361 e. The maximum atomic E-state index is 13.5. The molecule has 2 aromatic rings. The number of benzene rings is 1. The number of halogens is 2. The van der Waals surface area contributed by atoms with Crippen LogP contribution in [-0.4, -0.2) is 11.4 Å². The average Bonchev–Trinajstić information content (AvgIpc) is 2.62. The van der Waals surface area contributed by atoms with Crippen LogP contribution in [0.15, 0.2) is 21.1 Å². The zero-order chi connectivity index (χ0) is 12.6. The number of aryl methyl sites for hydroxylation is 2. The lowest BCUT2D eigenvalue weighted by atomic mass is 10.0. The number of aldehydes is 1. The van der Waals surface area contributed by atoms with Crippen LogP contribution in [0.3, 0.4) is 0 Å². The molecule has 0 aliphatic rings. The Balaban J connectivity index is 2.69. The van der Waals surface area contributed by atoms with Crippen LogP contribution in [0.5, 0.6) is 0 Å². The number of nitrogens with zero attached hydrogens (tertiary/aromatic N) is 1. The summed E-state index contributed by atoms with van der Waals surface area (Å²) < 4.78 is 18.8. The van der Waals surface area contributed by atoms with Crippen LogP contribution in [0.1, 0.15) is 21.8 Å². The van der Waals surface area contributed by atoms with Crippen molar-refractivity contribution in [3.8, 4) is 11.1 Å². The van der Waals surface area contributed by atoms with Crippen LogP contribution in [0.2, 0.25) is 0 Å². The van der Waals surface area contributed by atoms with E-state index in [2.05, 4.69) is 21.1 Å². The van der Waals surface area contributed by atoms with Crippen molar-refractivity contribution in [3.63, 3.8) is 0 Å². The van der Waals surface area contributed by atoms with Gasteiger partial charge in [-0.1, -0.05) is 5.16 Å². The van der Waals surface area contributed by atoms with Crippen molar-refractivity contribution in [2.24, 2.45) is 0 Å². The Morgan fingerprint density at radius 3 is 2.65 bits per heavy atom. The summed E-state index contributed by atoms with van der Waals surface area (Å²) in [4.78, 5) is 10.8. The highest BCUT2D eigenvalue weighted by Crippen LogP contribution is 2.31. The minimum absolute atomic E-state index is 0.00868. The van der Waals surface area contributed by atoms with Gasteiger partial charge in [0.15, 0.2) is 6.29 Å². The first kappa shape index (κ1) is 12.0. The first-order valence-electron chi connectivity index (χ1n) is 4.92. The molecule has 0 spiro atoms. The van der Waals surface area contributed by atoms with Gasteiger partial charge in [0.05, 0.1) is 15.7 Å². The smallest absolute Gasteiger partial charge is 0.153 e. The lowest BCUT2D eigenvalue weighted by molar-refractivity contribution is 0.111. The second kappa shape index (κ2) is 4.41. The second-order valence-corrected chi connectivity index (χ2v) is 4.53. The van der Waals surface area contributed by atoms with Gasteiger partial charge in [-0.2, -0.15) is 0 Å². The summed E-state index contributed by atoms with van der Waals surface area (Å²) in [6.45, 7) is 3.57. The lowest BCUT2D eigenvalue weighted by Crippen LogP contribution is -1.92. The lowest BCUT2D eigenvalue weighted by Gasteiger charge is -2.04. The molecule has 17 heavy (non-hydrogen) atoms. The van der Waals surface area contributed by atoms with Gasteiger partial charge in [-0.25, -0.2) is 4.39 Å². The number of carbonyl (C=O) groups is 1. The molecule has 1 heterocycles. The van der Waals surface area contributed by atoms with Gasteiger partial charge in [0.2, 0.25) is 0 Å². The molecule has 0 atom stereocenters. The van der Waals surface area contributed by atoms with E-state index >= 15 is 0 Å². The molecule has 0 fully saturated rings. The molecule has 3 nitrogen and oxygen atoms in total. The van der Waals surface area contributed by atoms with Crippen molar-refractivity contribution in [3.05, 3.63) is 39.4 Å². The summed E-state index contributed by atoms with van der Waals surface area (Å²) in [7, 11) is 0. The van der Waals surface area contributed by atoms with E-state index in [1.165, 1.54) is 6.07 Å². The average molecular weight is 298 g/mol. The van der Waals surface area contributed by atoms with Gasteiger partial charge in [0, 0.05) is 5.56 Å². The molecule has 0 unspecified atom stereocenters. The molecular formula is C12H9BrFNO2. The van der Waals surface area contributed by atoms with Crippen molar-refractivity contribution < 1.29 is 13.7 Å². The van der Waals surface area contributed by atoms with Gasteiger partial charge in [-0.3, -0.25) is 4.79 Å². The van der Waals surface area contributed by atoms with E-state index in [0.29, 0.717) is 23.3 Å². The molecule has 2 rings (SSSR count). The molecule has 88 valence electrons. The molecular weight excluding hydrogens is 289 g/mol. The van der Waals surface area contributed by atoms with Crippen molar-refractivity contribution in [1.29, 1.82) is 0 Å². The standard InChI is InChI=1S/C12H9BrFNO2/c1-6-11(7(2)17-15-6)8-3-9(5-16)12(14)10(13)4-8/h3-5H,1-2H3. The van der Waals surface area contributed by atoms with Crippen LogP contribution in [-0.2, 0) is 0 Å². The monoisotopic (exact) mass is 297 g/mol. The van der Waals surface area contributed by atoms with E-state index in [9.17, 15) is 9.18 Å². The number of hydrogen-bond donors (Lipinski definition) is 0. The third kappa shape index (κ3) is 2.02. The number of rotatable bonds is 2. The Morgan fingerprint density at radius 1 is 1.41 bits per heavy atom. The highest BCUT2D eigenvalue weighted by atomic mass is 79.9. The van der Waals surface area contributed by atoms with Gasteiger partial charge in [-0.05, 0) is 47.5 Å². The summed E-state index contributed by atoms with van der Waals surface area (Å²) in [5.41, 5.74) is 2.21. The summed E-state index contributed by atoms with van der Waals surface area (Å²) in [6.07, 6.45) is 0.488. The van der Waals surface area contributed by atoms with Gasteiger partial charge >= 0.3 is 0 Å². The predicted octanol–water partition coefficient (Wildman–Crippen LogP) is 3.67. The van der Waals surface area contributed by atoms with E-state index in [0.717, 1.165) is 5.56 Å². The van der Waals surface area contributed by atoms with Gasteiger partial charge in [-0.15, -0.1) is 0 Å². The zero-order valence-electron chi connectivity index (χ0n) is 9.25. The first-order chi connectivity index (χ1) is 8.04. The van der Waals surface area contributed by atoms with Crippen LogP contribution in [0.25, 0.3) is 11.1 Å². The molecule has 1 aromatic carbocycles. The Labute approximate surface area is 106 Å². The summed E-state index contributed by atoms with van der Waals surface area (Å²) in [5, 5.41) is 3.83. The third-order valence-corrected chi connectivity index (χ3v) is 3.08. The molecule has 0 bridgehead atoms. The van der Waals surface area contributed by atoms with Crippen LogP contribution < -0.4 is 0 Å². The molecule has 0 saturated carbocycles. The van der Waals surface area contributed by atoms with E-state index in [1.54, 1.807) is 19.9 Å². The molecule has 0 radical (unpaired) electrons. The molecule has 0 amide bonds. The molecule has 0 saturated heterocycles. The molecule has 1 aromatic heterocycles. The summed E-state index contributed by atoms with van der Waals surface area (Å²) in [6, 6.07) is 3.09. The van der Waals surface area contributed by atoms with Crippen LogP contribution >= 0.6 is 15.9 Å². The van der Waals surface area contributed by atoms with Gasteiger partial charge in [0.25, 0.3) is 0 Å². The van der Waals surface area contributed by atoms with Crippen molar-refractivity contribution in [1.82, 2.24) is 5.16 Å². The number of aromatic nitrogens is 1. The van der Waals surface area contributed by atoms with E-state index in [1.807, 2.05) is 0 Å². The fraction of sp³-hybridized carbons (Fsp3) is 0.167. The maximum Gasteiger partial charge on any atom is 0.153 e. The Morgan fingerprint density at radius 2 is 2.12 bits per heavy atom. The zero-order valence-corrected chi connectivity index (χ0v) is 10.8. The number of carbonyl (C=O) groups excluding carboxylic acids is 1. The normalized spacial score (nSPS) is 10.6. The maximum absolute atomic E-state index is 13.5. The molecule has 0 N–H and O–H groups in total. The SMILES string of the molecule is Cc1noc(C)c1-c1cc(Br)c(F)c(C=O)c1. The second-order valence-electron chi connectivity index (χ2n) is 3.68. The third-order valence-electron chi connectivity index (χ3n) is 2.51. The van der Waals surface area contributed by atoms with Crippen molar-refractivity contribution in [2.75, 3.05) is 0 Å². The summed E-state index contributed by atoms with van der Waals surface area (Å²) >= 11 is 3.09. The summed E-state index contributed by atoms with van der Waals surface area (Å²) in [5.74, 6) is 0.0772. The van der Waals surface area contributed by atoms with Crippen LogP contribution in [0.4, 0.5) is 4.39 Å². The van der Waals surface area contributed by atoms with Crippen LogP contribution in [0, 0.1) is 19.7 Å². The predicted molar refractivity (Wildman–Crippen MR) is 64.5 cm³/mol. The van der Waals surface area contributed by atoms with Gasteiger partial charge in [0.1, 0.15) is 11.6 Å².